The Balaban J connectivity index is 1.75. The van der Waals surface area contributed by atoms with Crippen molar-refractivity contribution >= 4 is 23.3 Å². The number of hydrogen-bond donors (Lipinski definition) is 2. The van der Waals surface area contributed by atoms with Gasteiger partial charge < -0.3 is 5.11 Å². The summed E-state index contributed by atoms with van der Waals surface area (Å²) in [5.41, 5.74) is 2.73. The van der Waals surface area contributed by atoms with Crippen LogP contribution >= 0.6 is 0 Å². The Morgan fingerprint density at radius 2 is 1.67 bits per heavy atom. The Morgan fingerprint density at radius 1 is 1.00 bits per heavy atom. The first-order chi connectivity index (χ1) is 16.0. The molecule has 0 unspecified atom stereocenters. The van der Waals surface area contributed by atoms with Crippen LogP contribution in [-0.2, 0) is 0 Å². The molecule has 4 aromatic rings. The summed E-state index contributed by atoms with van der Waals surface area (Å²) in [6.45, 7) is 0. The number of carbonyl (C=O) groups excluding carboxylic acids is 1. The number of para-hydroxylation sites is 1. The maximum atomic E-state index is 13.5. The highest BCUT2D eigenvalue weighted by molar-refractivity contribution is 6.12. The number of hydrogen-bond acceptors (Lipinski definition) is 5. The molecule has 2 heterocycles. The number of carboxylic acid groups (broad SMARTS) is 1. The Kier molecular flexibility index (Phi) is 4.71. The third-order valence-corrected chi connectivity index (χ3v) is 5.64. The zero-order valence-electron chi connectivity index (χ0n) is 17.0. The van der Waals surface area contributed by atoms with E-state index in [0.29, 0.717) is 22.5 Å². The van der Waals surface area contributed by atoms with E-state index in [1.165, 1.54) is 35.2 Å². The maximum absolute atomic E-state index is 13.5. The van der Waals surface area contributed by atoms with Crippen LogP contribution in [0.4, 0.5) is 11.4 Å². The molecule has 0 saturated heterocycles. The lowest BCUT2D eigenvalue weighted by molar-refractivity contribution is -0.385. The number of aromatic nitrogens is 2. The van der Waals surface area contributed by atoms with Gasteiger partial charge in [-0.3, -0.25) is 24.9 Å². The van der Waals surface area contributed by atoms with Crippen LogP contribution in [-0.4, -0.2) is 32.1 Å². The smallest absolute Gasteiger partial charge is 0.335 e. The fraction of sp³-hybridized carbons (Fsp3) is 0.0417. The molecule has 162 valence electrons. The van der Waals surface area contributed by atoms with Crippen molar-refractivity contribution in [2.24, 2.45) is 0 Å². The van der Waals surface area contributed by atoms with Gasteiger partial charge in [0.2, 0.25) is 0 Å². The van der Waals surface area contributed by atoms with Gasteiger partial charge in [0, 0.05) is 22.9 Å². The molecule has 9 heteroatoms. The minimum atomic E-state index is -1.09. The van der Waals surface area contributed by atoms with Crippen LogP contribution in [0.1, 0.15) is 38.0 Å². The minimum absolute atomic E-state index is 0.0674. The molecule has 5 rings (SSSR count). The molecule has 0 bridgehead atoms. The third-order valence-electron chi connectivity index (χ3n) is 5.64. The number of fused-ring (bicyclic) bond motifs is 1. The number of carboxylic acids is 1. The molecule has 1 atom stereocenters. The van der Waals surface area contributed by atoms with Crippen molar-refractivity contribution < 1.29 is 19.6 Å². The summed E-state index contributed by atoms with van der Waals surface area (Å²) < 4.78 is 0. The lowest BCUT2D eigenvalue weighted by atomic mass is 9.94. The largest absolute Gasteiger partial charge is 0.478 e. The van der Waals surface area contributed by atoms with Crippen LogP contribution in [0.5, 0.6) is 0 Å². The number of benzene rings is 3. The normalized spacial score (nSPS) is 14.8. The van der Waals surface area contributed by atoms with Gasteiger partial charge in [0.1, 0.15) is 5.69 Å². The minimum Gasteiger partial charge on any atom is -0.478 e. The zero-order chi connectivity index (χ0) is 23.1. The molecule has 1 aliphatic rings. The summed E-state index contributed by atoms with van der Waals surface area (Å²) in [7, 11) is 0. The molecule has 1 aromatic heterocycles. The fourth-order valence-corrected chi connectivity index (χ4v) is 4.17. The van der Waals surface area contributed by atoms with Crippen molar-refractivity contribution in [1.82, 2.24) is 10.2 Å². The van der Waals surface area contributed by atoms with Crippen molar-refractivity contribution in [3.63, 3.8) is 0 Å². The van der Waals surface area contributed by atoms with E-state index >= 15 is 0 Å². The highest BCUT2D eigenvalue weighted by Crippen LogP contribution is 2.47. The average molecular weight is 440 g/mol. The molecular formula is C24H16N4O5. The van der Waals surface area contributed by atoms with E-state index in [4.69, 9.17) is 0 Å². The average Bonchev–Trinajstić information content (AvgIpc) is 3.38. The van der Waals surface area contributed by atoms with Crippen LogP contribution in [0.3, 0.4) is 0 Å². The molecule has 0 saturated carbocycles. The van der Waals surface area contributed by atoms with E-state index in [1.54, 1.807) is 18.2 Å². The second kappa shape index (κ2) is 7.72. The van der Waals surface area contributed by atoms with Gasteiger partial charge in [-0.05, 0) is 30.3 Å². The number of anilines is 1. The fourth-order valence-electron chi connectivity index (χ4n) is 4.17. The number of nitrogens with zero attached hydrogens (tertiary/aromatic N) is 3. The summed E-state index contributed by atoms with van der Waals surface area (Å²) in [5.74, 6) is -1.50. The molecular weight excluding hydrogens is 424 g/mol. The Morgan fingerprint density at radius 3 is 2.33 bits per heavy atom. The van der Waals surface area contributed by atoms with E-state index in [2.05, 4.69) is 10.2 Å². The van der Waals surface area contributed by atoms with Gasteiger partial charge in [0.05, 0.1) is 27.8 Å². The maximum Gasteiger partial charge on any atom is 0.335 e. The van der Waals surface area contributed by atoms with E-state index in [1.807, 2.05) is 30.3 Å². The van der Waals surface area contributed by atoms with E-state index in [0.717, 1.165) is 5.56 Å². The standard InChI is InChI=1S/C24H16N4O5/c29-23-21-19(20(25-26-21)14-6-2-1-3-7-14)22(17-8-4-5-9-18(17)28(32)33)27(23)16-12-10-15(11-13-16)24(30)31/h1-13,22H,(H,25,26)(H,30,31)/t22-/m0/s1. The molecule has 0 aliphatic carbocycles. The van der Waals surface area contributed by atoms with Crippen molar-refractivity contribution in [2.45, 2.75) is 6.04 Å². The molecule has 2 N–H and O–H groups in total. The number of aromatic amines is 1. The number of H-pyrrole nitrogens is 1. The van der Waals surface area contributed by atoms with Gasteiger partial charge in [0.25, 0.3) is 11.6 Å². The second-order valence-electron chi connectivity index (χ2n) is 7.47. The van der Waals surface area contributed by atoms with Crippen molar-refractivity contribution in [3.05, 3.63) is 111 Å². The highest BCUT2D eigenvalue weighted by atomic mass is 16.6. The van der Waals surface area contributed by atoms with Crippen molar-refractivity contribution in [3.8, 4) is 11.3 Å². The second-order valence-corrected chi connectivity index (χ2v) is 7.47. The predicted octanol–water partition coefficient (Wildman–Crippen LogP) is 4.43. The first-order valence-electron chi connectivity index (χ1n) is 10.0. The zero-order valence-corrected chi connectivity index (χ0v) is 17.0. The molecule has 0 radical (unpaired) electrons. The molecule has 0 fully saturated rings. The monoisotopic (exact) mass is 440 g/mol. The van der Waals surface area contributed by atoms with Gasteiger partial charge in [-0.15, -0.1) is 0 Å². The SMILES string of the molecule is O=C(O)c1ccc(N2C(=O)c3[nH]nc(-c4ccccc4)c3[C@@H]2c2ccccc2[N+](=O)[O-])cc1. The van der Waals surface area contributed by atoms with Crippen LogP contribution in [0.15, 0.2) is 78.9 Å². The number of nitro benzene ring substituents is 1. The van der Waals surface area contributed by atoms with Crippen molar-refractivity contribution in [1.29, 1.82) is 0 Å². The first-order valence-corrected chi connectivity index (χ1v) is 10.0. The van der Waals surface area contributed by atoms with Crippen LogP contribution in [0.25, 0.3) is 11.3 Å². The summed E-state index contributed by atoms with van der Waals surface area (Å²) in [6, 6.07) is 20.5. The van der Waals surface area contributed by atoms with Crippen LogP contribution < -0.4 is 4.90 Å². The highest BCUT2D eigenvalue weighted by Gasteiger charge is 2.45. The number of amides is 1. The van der Waals surface area contributed by atoms with Gasteiger partial charge in [-0.25, -0.2) is 4.79 Å². The third kappa shape index (κ3) is 3.23. The summed E-state index contributed by atoms with van der Waals surface area (Å²) in [6.07, 6.45) is 0. The summed E-state index contributed by atoms with van der Waals surface area (Å²) in [4.78, 5) is 37.6. The topological polar surface area (TPSA) is 129 Å². The molecule has 1 amide bonds. The first kappa shape index (κ1) is 20.1. The predicted molar refractivity (Wildman–Crippen MR) is 119 cm³/mol. The number of nitro groups is 1. The Bertz CT molecular complexity index is 1400. The van der Waals surface area contributed by atoms with Crippen molar-refractivity contribution in [2.75, 3.05) is 4.90 Å². The molecule has 3 aromatic carbocycles. The van der Waals surface area contributed by atoms with Crippen LogP contribution in [0, 0.1) is 10.1 Å². The lowest BCUT2D eigenvalue weighted by Crippen LogP contribution is -2.29. The number of carbonyl (C=O) groups is 2. The lowest BCUT2D eigenvalue weighted by Gasteiger charge is -2.26. The Hall–Kier alpha value is -4.79. The van der Waals surface area contributed by atoms with E-state index < -0.39 is 22.8 Å². The van der Waals surface area contributed by atoms with E-state index in [-0.39, 0.29) is 16.9 Å². The van der Waals surface area contributed by atoms with E-state index in [9.17, 15) is 24.8 Å². The van der Waals surface area contributed by atoms with Crippen LogP contribution in [0.2, 0.25) is 0 Å². The number of nitrogens with one attached hydrogen (secondary N) is 1. The molecule has 33 heavy (non-hydrogen) atoms. The Labute approximate surface area is 187 Å². The molecule has 0 spiro atoms. The van der Waals surface area contributed by atoms with Gasteiger partial charge in [0.15, 0.2) is 0 Å². The number of rotatable bonds is 5. The van der Waals surface area contributed by atoms with Gasteiger partial charge in [-0.2, -0.15) is 5.10 Å². The van der Waals surface area contributed by atoms with Gasteiger partial charge >= 0.3 is 5.97 Å². The molecule has 1 aliphatic heterocycles. The summed E-state index contributed by atoms with van der Waals surface area (Å²) >= 11 is 0. The summed E-state index contributed by atoms with van der Waals surface area (Å²) in [5, 5.41) is 28.2. The number of aromatic carboxylic acids is 1. The quantitative estimate of drug-likeness (QED) is 0.349. The molecule has 9 nitrogen and oxygen atoms in total. The van der Waals surface area contributed by atoms with Gasteiger partial charge in [-0.1, -0.05) is 42.5 Å².